The molecule has 0 saturated carbocycles. The van der Waals surface area contributed by atoms with E-state index in [1.807, 2.05) is 40.9 Å². The summed E-state index contributed by atoms with van der Waals surface area (Å²) in [4.78, 5) is 15.0. The molecule has 27 heavy (non-hydrogen) atoms. The van der Waals surface area contributed by atoms with Crippen LogP contribution in [0.1, 0.15) is 23.3 Å². The molecule has 0 bridgehead atoms. The zero-order valence-corrected chi connectivity index (χ0v) is 16.4. The summed E-state index contributed by atoms with van der Waals surface area (Å²) < 4.78 is 4.57. The minimum absolute atomic E-state index is 0.0170. The van der Waals surface area contributed by atoms with Gasteiger partial charge in [0, 0.05) is 10.6 Å². The molecule has 1 aliphatic rings. The van der Waals surface area contributed by atoms with Gasteiger partial charge in [0.2, 0.25) is 5.16 Å². The summed E-state index contributed by atoms with van der Waals surface area (Å²) >= 11 is 3.25. The van der Waals surface area contributed by atoms with Crippen LogP contribution in [0.15, 0.2) is 52.9 Å². The number of aryl methyl sites for hydroxylation is 2. The van der Waals surface area contributed by atoms with Gasteiger partial charge in [-0.05, 0) is 43.4 Å². The van der Waals surface area contributed by atoms with Crippen LogP contribution in [-0.4, -0.2) is 25.1 Å². The topological polar surface area (TPSA) is 52.2 Å². The molecule has 0 unspecified atom stereocenters. The minimum atomic E-state index is 0.0170. The molecule has 1 aromatic carbocycles. The second kappa shape index (κ2) is 6.65. The number of fused-ring (bicyclic) bond motifs is 5. The van der Waals surface area contributed by atoms with Crippen molar-refractivity contribution in [3.8, 4) is 5.69 Å². The molecular weight excluding hydrogens is 376 g/mol. The van der Waals surface area contributed by atoms with Crippen LogP contribution in [0.3, 0.4) is 0 Å². The molecule has 0 atom stereocenters. The van der Waals surface area contributed by atoms with Crippen molar-refractivity contribution in [3.05, 3.63) is 63.8 Å². The molecule has 7 heteroatoms. The number of hydrogen-bond acceptors (Lipinski definition) is 5. The highest BCUT2D eigenvalue weighted by Crippen LogP contribution is 2.37. The highest BCUT2D eigenvalue weighted by molar-refractivity contribution is 7.99. The molecule has 0 amide bonds. The third-order valence-corrected chi connectivity index (χ3v) is 7.13. The lowest BCUT2D eigenvalue weighted by Gasteiger charge is -2.13. The smallest absolute Gasteiger partial charge is 0.267 e. The van der Waals surface area contributed by atoms with E-state index in [1.165, 1.54) is 28.6 Å². The molecule has 0 saturated heterocycles. The van der Waals surface area contributed by atoms with Gasteiger partial charge in [0.15, 0.2) is 5.65 Å². The third kappa shape index (κ3) is 2.56. The summed E-state index contributed by atoms with van der Waals surface area (Å²) in [5.74, 6) is 0.711. The molecule has 0 radical (unpaired) electrons. The highest BCUT2D eigenvalue weighted by atomic mass is 32.2. The van der Waals surface area contributed by atoms with Gasteiger partial charge in [0.05, 0.1) is 15.8 Å². The van der Waals surface area contributed by atoms with E-state index in [4.69, 9.17) is 0 Å². The number of aromatic nitrogens is 4. The van der Waals surface area contributed by atoms with Crippen LogP contribution in [-0.2, 0) is 12.8 Å². The van der Waals surface area contributed by atoms with Gasteiger partial charge in [-0.3, -0.25) is 4.79 Å². The Bertz CT molecular complexity index is 1220. The maximum atomic E-state index is 13.7. The fourth-order valence-corrected chi connectivity index (χ4v) is 5.77. The van der Waals surface area contributed by atoms with E-state index in [-0.39, 0.29) is 5.56 Å². The Kier molecular flexibility index (Phi) is 4.13. The Morgan fingerprint density at radius 1 is 1.19 bits per heavy atom. The second-order valence-electron chi connectivity index (χ2n) is 6.59. The first kappa shape index (κ1) is 16.8. The van der Waals surface area contributed by atoms with Crippen LogP contribution >= 0.6 is 23.1 Å². The van der Waals surface area contributed by atoms with E-state index in [0.717, 1.165) is 40.7 Å². The Morgan fingerprint density at radius 3 is 2.81 bits per heavy atom. The van der Waals surface area contributed by atoms with Crippen molar-refractivity contribution in [2.45, 2.75) is 30.8 Å². The first-order valence-electron chi connectivity index (χ1n) is 9.03. The fourth-order valence-electron chi connectivity index (χ4n) is 3.76. The zero-order chi connectivity index (χ0) is 18.4. The van der Waals surface area contributed by atoms with Crippen LogP contribution < -0.4 is 5.56 Å². The first-order valence-corrected chi connectivity index (χ1v) is 10.8. The van der Waals surface area contributed by atoms with Crippen molar-refractivity contribution in [2.24, 2.45) is 0 Å². The molecule has 0 N–H and O–H groups in total. The first-order chi connectivity index (χ1) is 13.3. The van der Waals surface area contributed by atoms with Crippen molar-refractivity contribution >= 4 is 38.8 Å². The predicted molar refractivity (Wildman–Crippen MR) is 112 cm³/mol. The normalized spacial score (nSPS) is 13.9. The molecule has 3 aromatic heterocycles. The van der Waals surface area contributed by atoms with E-state index in [2.05, 4.69) is 16.8 Å². The lowest BCUT2D eigenvalue weighted by atomic mass is 9.97. The number of hydrogen-bond donors (Lipinski definition) is 0. The van der Waals surface area contributed by atoms with Gasteiger partial charge in [-0.2, -0.15) is 4.52 Å². The molecule has 0 aliphatic heterocycles. The van der Waals surface area contributed by atoms with Gasteiger partial charge in [0.25, 0.3) is 5.56 Å². The number of nitrogens with zero attached hydrogens (tertiary/aromatic N) is 4. The highest BCUT2D eigenvalue weighted by Gasteiger charge is 2.25. The molecule has 136 valence electrons. The van der Waals surface area contributed by atoms with Gasteiger partial charge in [-0.1, -0.05) is 36.0 Å². The molecule has 0 fully saturated rings. The lowest BCUT2D eigenvalue weighted by Crippen LogP contribution is -2.25. The number of thiophene rings is 1. The van der Waals surface area contributed by atoms with Crippen LogP contribution in [0, 0.1) is 0 Å². The third-order valence-electron chi connectivity index (χ3n) is 4.92. The molecule has 5 rings (SSSR count). The molecule has 4 aromatic rings. The Morgan fingerprint density at radius 2 is 2.00 bits per heavy atom. The van der Waals surface area contributed by atoms with Crippen molar-refractivity contribution in [3.63, 3.8) is 0 Å². The standard InChI is InChI=1S/C20H18N4OS2/c1-2-12-26-20-22-21-18-17-16(14-10-6-7-11-15(14)27-17)19(25)23(24(18)20)13-8-4-3-5-9-13/h2-5,8-9H,1,6-7,10-12H2. The number of para-hydroxylation sites is 1. The van der Waals surface area contributed by atoms with E-state index >= 15 is 0 Å². The Hall–Kier alpha value is -2.38. The largest absolute Gasteiger partial charge is 0.279 e. The minimum Gasteiger partial charge on any atom is -0.267 e. The van der Waals surface area contributed by atoms with Gasteiger partial charge in [0.1, 0.15) is 0 Å². The van der Waals surface area contributed by atoms with Crippen molar-refractivity contribution in [2.75, 3.05) is 5.75 Å². The van der Waals surface area contributed by atoms with E-state index < -0.39 is 0 Å². The Balaban J connectivity index is 1.93. The lowest BCUT2D eigenvalue weighted by molar-refractivity contribution is 0.683. The average Bonchev–Trinajstić information content (AvgIpc) is 3.29. The maximum absolute atomic E-state index is 13.7. The van der Waals surface area contributed by atoms with Crippen LogP contribution in [0.4, 0.5) is 0 Å². The van der Waals surface area contributed by atoms with E-state index in [9.17, 15) is 4.79 Å². The number of benzene rings is 1. The summed E-state index contributed by atoms with van der Waals surface area (Å²) in [6.45, 7) is 3.79. The van der Waals surface area contributed by atoms with Crippen LogP contribution in [0.2, 0.25) is 0 Å². The molecule has 1 aliphatic carbocycles. The summed E-state index contributed by atoms with van der Waals surface area (Å²) in [5.41, 5.74) is 2.83. The number of rotatable bonds is 4. The van der Waals surface area contributed by atoms with Gasteiger partial charge < -0.3 is 0 Å². The van der Waals surface area contributed by atoms with Crippen LogP contribution in [0.25, 0.3) is 21.4 Å². The van der Waals surface area contributed by atoms with Crippen LogP contribution in [0.5, 0.6) is 0 Å². The summed E-state index contributed by atoms with van der Waals surface area (Å²) in [5, 5.41) is 10.4. The van der Waals surface area contributed by atoms with E-state index in [1.54, 1.807) is 16.0 Å². The van der Waals surface area contributed by atoms with Gasteiger partial charge in [-0.15, -0.1) is 28.1 Å². The Labute approximate surface area is 164 Å². The summed E-state index contributed by atoms with van der Waals surface area (Å²) in [6.07, 6.45) is 6.19. The van der Waals surface area contributed by atoms with Crippen molar-refractivity contribution in [1.82, 2.24) is 19.4 Å². The van der Waals surface area contributed by atoms with E-state index in [0.29, 0.717) is 10.9 Å². The molecule has 0 spiro atoms. The van der Waals surface area contributed by atoms with Crippen molar-refractivity contribution < 1.29 is 0 Å². The van der Waals surface area contributed by atoms with Crippen molar-refractivity contribution in [1.29, 1.82) is 0 Å². The summed E-state index contributed by atoms with van der Waals surface area (Å²) in [7, 11) is 0. The predicted octanol–water partition coefficient (Wildman–Crippen LogP) is 4.25. The molecular formula is C20H18N4OS2. The summed E-state index contributed by atoms with van der Waals surface area (Å²) in [6, 6.07) is 9.75. The quantitative estimate of drug-likeness (QED) is 0.383. The SMILES string of the molecule is C=CCSc1nnc2c3sc4c(c3c(=O)n(-c3ccccc3)n12)CCCC4. The average molecular weight is 395 g/mol. The molecule has 3 heterocycles. The zero-order valence-electron chi connectivity index (χ0n) is 14.7. The molecule has 5 nitrogen and oxygen atoms in total. The fraction of sp³-hybridized carbons (Fsp3) is 0.250. The second-order valence-corrected chi connectivity index (χ2v) is 8.68. The number of thioether (sulfide) groups is 1. The maximum Gasteiger partial charge on any atom is 0.279 e. The van der Waals surface area contributed by atoms with Gasteiger partial charge >= 0.3 is 0 Å². The monoisotopic (exact) mass is 394 g/mol. The van der Waals surface area contributed by atoms with Gasteiger partial charge in [-0.25, -0.2) is 4.68 Å².